The monoisotopic (exact) mass is 301 g/mol. The lowest BCUT2D eigenvalue weighted by atomic mass is 10.0. The molecule has 0 aliphatic rings. The molecule has 114 valence electrons. The molecule has 2 rings (SSSR count). The molecule has 1 atom stereocenters. The lowest BCUT2D eigenvalue weighted by Gasteiger charge is -2.11. The van der Waals surface area contributed by atoms with E-state index in [1.165, 1.54) is 25.1 Å². The van der Waals surface area contributed by atoms with Gasteiger partial charge in [0.1, 0.15) is 11.5 Å². The standard InChI is InChI=1S/C16H15NO5/c1-10(16(20)21)22-12-5-6-13(15(19)9-12)14(18)8-11-4-2-3-7-17-11/h2-7,9-10,19H,8H2,1H3,(H,20,21). The van der Waals surface area contributed by atoms with Gasteiger partial charge in [0.05, 0.1) is 12.0 Å². The molecule has 0 aliphatic heterocycles. The normalized spacial score (nSPS) is 11.7. The Morgan fingerprint density at radius 2 is 2.05 bits per heavy atom. The molecular formula is C16H15NO5. The number of hydrogen-bond donors (Lipinski definition) is 2. The molecule has 0 bridgehead atoms. The average Bonchev–Trinajstić information content (AvgIpc) is 2.48. The number of benzene rings is 1. The van der Waals surface area contributed by atoms with Crippen molar-refractivity contribution in [2.24, 2.45) is 0 Å². The Labute approximate surface area is 127 Å². The van der Waals surface area contributed by atoms with Crippen molar-refractivity contribution in [3.05, 3.63) is 53.9 Å². The smallest absolute Gasteiger partial charge is 0.344 e. The van der Waals surface area contributed by atoms with Gasteiger partial charge in [0, 0.05) is 18.0 Å². The maximum atomic E-state index is 12.1. The predicted octanol–water partition coefficient (Wildman–Crippen LogP) is 2.06. The molecule has 0 fully saturated rings. The van der Waals surface area contributed by atoms with Crippen LogP contribution in [0.25, 0.3) is 0 Å². The van der Waals surface area contributed by atoms with E-state index in [9.17, 15) is 14.7 Å². The number of carboxylic acids is 1. The third-order valence-electron chi connectivity index (χ3n) is 3.00. The van der Waals surface area contributed by atoms with Crippen LogP contribution in [-0.4, -0.2) is 33.1 Å². The molecule has 0 saturated carbocycles. The summed E-state index contributed by atoms with van der Waals surface area (Å²) in [5.74, 6) is -1.47. The third kappa shape index (κ3) is 3.82. The van der Waals surface area contributed by atoms with Crippen LogP contribution in [0.2, 0.25) is 0 Å². The number of pyridine rings is 1. The van der Waals surface area contributed by atoms with E-state index in [1.807, 2.05) is 0 Å². The highest BCUT2D eigenvalue weighted by molar-refractivity contribution is 5.99. The first-order valence-electron chi connectivity index (χ1n) is 6.63. The summed E-state index contributed by atoms with van der Waals surface area (Å²) in [6.07, 6.45) is 0.613. The van der Waals surface area contributed by atoms with Gasteiger partial charge in [0.15, 0.2) is 11.9 Å². The molecule has 1 heterocycles. The number of aromatic hydroxyl groups is 1. The molecule has 0 radical (unpaired) electrons. The highest BCUT2D eigenvalue weighted by Crippen LogP contribution is 2.25. The Bertz CT molecular complexity index is 684. The van der Waals surface area contributed by atoms with Gasteiger partial charge in [-0.25, -0.2) is 4.79 Å². The van der Waals surface area contributed by atoms with Gasteiger partial charge >= 0.3 is 5.97 Å². The van der Waals surface area contributed by atoms with Crippen LogP contribution >= 0.6 is 0 Å². The highest BCUT2D eigenvalue weighted by atomic mass is 16.5. The number of phenols is 1. The van der Waals surface area contributed by atoms with Crippen LogP contribution < -0.4 is 4.74 Å². The number of aliphatic carboxylic acids is 1. The SMILES string of the molecule is CC(Oc1ccc(C(=O)Cc2ccccn2)c(O)c1)C(=O)O. The van der Waals surface area contributed by atoms with Gasteiger partial charge in [0.2, 0.25) is 0 Å². The number of phenolic OH excluding ortho intramolecular Hbond substituents is 1. The number of ketones is 1. The van der Waals surface area contributed by atoms with E-state index in [0.717, 1.165) is 0 Å². The van der Waals surface area contributed by atoms with Crippen molar-refractivity contribution >= 4 is 11.8 Å². The maximum absolute atomic E-state index is 12.1. The zero-order chi connectivity index (χ0) is 16.1. The van der Waals surface area contributed by atoms with Crippen LogP contribution in [0.15, 0.2) is 42.6 Å². The van der Waals surface area contributed by atoms with Crippen molar-refractivity contribution in [2.75, 3.05) is 0 Å². The second kappa shape index (κ2) is 6.71. The molecule has 6 nitrogen and oxygen atoms in total. The molecule has 1 aromatic heterocycles. The van der Waals surface area contributed by atoms with Gasteiger partial charge in [-0.1, -0.05) is 6.07 Å². The van der Waals surface area contributed by atoms with E-state index in [1.54, 1.807) is 24.4 Å². The average molecular weight is 301 g/mol. The number of carboxylic acid groups (broad SMARTS) is 1. The summed E-state index contributed by atoms with van der Waals surface area (Å²) in [7, 11) is 0. The molecule has 0 saturated heterocycles. The van der Waals surface area contributed by atoms with Gasteiger partial charge in [-0.3, -0.25) is 9.78 Å². The molecule has 2 aromatic rings. The second-order valence-electron chi connectivity index (χ2n) is 4.70. The summed E-state index contributed by atoms with van der Waals surface area (Å²) in [5.41, 5.74) is 0.743. The summed E-state index contributed by atoms with van der Waals surface area (Å²) < 4.78 is 5.13. The lowest BCUT2D eigenvalue weighted by Crippen LogP contribution is -2.22. The van der Waals surface area contributed by atoms with E-state index in [0.29, 0.717) is 5.69 Å². The first-order chi connectivity index (χ1) is 10.5. The number of rotatable bonds is 6. The minimum Gasteiger partial charge on any atom is -0.507 e. The highest BCUT2D eigenvalue weighted by Gasteiger charge is 2.16. The molecule has 6 heteroatoms. The summed E-state index contributed by atoms with van der Waals surface area (Å²) in [5, 5.41) is 18.7. The topological polar surface area (TPSA) is 96.7 Å². The van der Waals surface area contributed by atoms with Crippen LogP contribution in [0.4, 0.5) is 0 Å². The van der Waals surface area contributed by atoms with Crippen LogP contribution in [0, 0.1) is 0 Å². The number of carbonyl (C=O) groups is 2. The Morgan fingerprint density at radius 1 is 1.27 bits per heavy atom. The van der Waals surface area contributed by atoms with Crippen molar-refractivity contribution < 1.29 is 24.5 Å². The van der Waals surface area contributed by atoms with Crippen LogP contribution in [0.5, 0.6) is 11.5 Å². The lowest BCUT2D eigenvalue weighted by molar-refractivity contribution is -0.144. The number of Topliss-reactive ketones (excluding diaryl/α,β-unsaturated/α-hetero) is 1. The van der Waals surface area contributed by atoms with Crippen LogP contribution in [0.1, 0.15) is 23.0 Å². The van der Waals surface area contributed by atoms with Crippen LogP contribution in [-0.2, 0) is 11.2 Å². The van der Waals surface area contributed by atoms with Crippen LogP contribution in [0.3, 0.4) is 0 Å². The Morgan fingerprint density at radius 3 is 2.64 bits per heavy atom. The fourth-order valence-electron chi connectivity index (χ4n) is 1.84. The molecule has 1 aromatic carbocycles. The first-order valence-corrected chi connectivity index (χ1v) is 6.63. The molecule has 0 aliphatic carbocycles. The van der Waals surface area contributed by atoms with Crippen molar-refractivity contribution in [3.63, 3.8) is 0 Å². The van der Waals surface area contributed by atoms with Gasteiger partial charge in [-0.2, -0.15) is 0 Å². The molecule has 2 N–H and O–H groups in total. The predicted molar refractivity (Wildman–Crippen MR) is 78.1 cm³/mol. The zero-order valence-corrected chi connectivity index (χ0v) is 11.9. The second-order valence-corrected chi connectivity index (χ2v) is 4.70. The van der Waals surface area contributed by atoms with E-state index < -0.39 is 12.1 Å². The molecule has 0 spiro atoms. The number of ether oxygens (including phenoxy) is 1. The summed E-state index contributed by atoms with van der Waals surface area (Å²) >= 11 is 0. The van der Waals surface area contributed by atoms with Crippen molar-refractivity contribution in [1.29, 1.82) is 0 Å². The fraction of sp³-hybridized carbons (Fsp3) is 0.188. The summed E-state index contributed by atoms with van der Waals surface area (Å²) in [4.78, 5) is 26.9. The molecule has 0 amide bonds. The summed E-state index contributed by atoms with van der Waals surface area (Å²) in [6, 6.07) is 9.34. The first kappa shape index (κ1) is 15.5. The Hall–Kier alpha value is -2.89. The van der Waals surface area contributed by atoms with E-state index in [4.69, 9.17) is 9.84 Å². The fourth-order valence-corrected chi connectivity index (χ4v) is 1.84. The van der Waals surface area contributed by atoms with E-state index >= 15 is 0 Å². The largest absolute Gasteiger partial charge is 0.507 e. The summed E-state index contributed by atoms with van der Waals surface area (Å²) in [6.45, 7) is 1.37. The van der Waals surface area contributed by atoms with Gasteiger partial charge in [-0.15, -0.1) is 0 Å². The molecular weight excluding hydrogens is 286 g/mol. The minimum absolute atomic E-state index is 0.0696. The Balaban J connectivity index is 2.12. The minimum atomic E-state index is -1.12. The molecule has 1 unspecified atom stereocenters. The van der Waals surface area contributed by atoms with E-state index in [-0.39, 0.29) is 29.3 Å². The van der Waals surface area contributed by atoms with Crippen molar-refractivity contribution in [3.8, 4) is 11.5 Å². The number of carbonyl (C=O) groups excluding carboxylic acids is 1. The van der Waals surface area contributed by atoms with Crippen molar-refractivity contribution in [1.82, 2.24) is 4.98 Å². The zero-order valence-electron chi connectivity index (χ0n) is 11.9. The van der Waals surface area contributed by atoms with E-state index in [2.05, 4.69) is 4.98 Å². The van der Waals surface area contributed by atoms with Gasteiger partial charge in [0.25, 0.3) is 0 Å². The van der Waals surface area contributed by atoms with Gasteiger partial charge in [-0.05, 0) is 31.2 Å². The van der Waals surface area contributed by atoms with Crippen molar-refractivity contribution in [2.45, 2.75) is 19.4 Å². The number of nitrogens with zero attached hydrogens (tertiary/aromatic N) is 1. The quantitative estimate of drug-likeness (QED) is 0.793. The maximum Gasteiger partial charge on any atom is 0.344 e. The number of hydrogen-bond acceptors (Lipinski definition) is 5. The Kier molecular flexibility index (Phi) is 4.73. The van der Waals surface area contributed by atoms with Gasteiger partial charge < -0.3 is 14.9 Å². The number of aromatic nitrogens is 1. The third-order valence-corrected chi connectivity index (χ3v) is 3.00. The molecule has 22 heavy (non-hydrogen) atoms.